The van der Waals surface area contributed by atoms with Crippen molar-refractivity contribution in [2.75, 3.05) is 13.7 Å². The number of esters is 1. The third-order valence-corrected chi connectivity index (χ3v) is 2.73. The van der Waals surface area contributed by atoms with E-state index < -0.39 is 23.8 Å². The fraction of sp³-hybridized carbons (Fsp3) is 0.556. The molecule has 0 unspecified atom stereocenters. The van der Waals surface area contributed by atoms with Crippen LogP contribution in [0.2, 0.25) is 0 Å². The summed E-state index contributed by atoms with van der Waals surface area (Å²) in [4.78, 5) is 36.0. The van der Waals surface area contributed by atoms with Crippen molar-refractivity contribution >= 4 is 23.5 Å². The monoisotopic (exact) mass is 225 g/mol. The Morgan fingerprint density at radius 1 is 1.50 bits per heavy atom. The minimum Gasteiger partial charge on any atom is -0.464 e. The van der Waals surface area contributed by atoms with Crippen LogP contribution in [0, 0.1) is 5.92 Å². The average molecular weight is 225 g/mol. The lowest BCUT2D eigenvalue weighted by Gasteiger charge is -2.11. The second-order valence-electron chi connectivity index (χ2n) is 3.49. The van der Waals surface area contributed by atoms with Crippen LogP contribution in [0.1, 0.15) is 6.92 Å². The molecule has 1 fully saturated rings. The van der Waals surface area contributed by atoms with Crippen LogP contribution >= 0.6 is 0 Å². The van der Waals surface area contributed by atoms with Gasteiger partial charge in [-0.2, -0.15) is 5.10 Å². The molecule has 7 nitrogen and oxygen atoms in total. The van der Waals surface area contributed by atoms with Gasteiger partial charge in [-0.25, -0.2) is 4.79 Å². The van der Waals surface area contributed by atoms with Crippen molar-refractivity contribution < 1.29 is 19.1 Å². The first-order valence-electron chi connectivity index (χ1n) is 4.88. The SMILES string of the molecule is CCN1C(=O)[C@@H]2C(C(=O)OC)=NN[C@H]2C1=O. The molecule has 0 aliphatic carbocycles. The molecule has 2 aliphatic rings. The molecule has 2 amide bonds. The summed E-state index contributed by atoms with van der Waals surface area (Å²) in [5.41, 5.74) is 2.48. The third kappa shape index (κ3) is 1.21. The average Bonchev–Trinajstić information content (AvgIpc) is 2.80. The number of hydrogen-bond acceptors (Lipinski definition) is 6. The first-order valence-corrected chi connectivity index (χ1v) is 4.88. The Morgan fingerprint density at radius 2 is 2.19 bits per heavy atom. The summed E-state index contributed by atoms with van der Waals surface area (Å²) in [5.74, 6) is -2.26. The number of fused-ring (bicyclic) bond motifs is 1. The second-order valence-corrected chi connectivity index (χ2v) is 3.49. The van der Waals surface area contributed by atoms with Gasteiger partial charge in [0.2, 0.25) is 5.91 Å². The van der Waals surface area contributed by atoms with Crippen molar-refractivity contribution in [3.05, 3.63) is 0 Å². The van der Waals surface area contributed by atoms with Gasteiger partial charge < -0.3 is 4.74 Å². The summed E-state index contributed by atoms with van der Waals surface area (Å²) >= 11 is 0. The van der Waals surface area contributed by atoms with Crippen molar-refractivity contribution in [2.24, 2.45) is 11.0 Å². The molecule has 0 spiro atoms. The van der Waals surface area contributed by atoms with Gasteiger partial charge in [0.1, 0.15) is 12.0 Å². The fourth-order valence-electron chi connectivity index (χ4n) is 1.93. The van der Waals surface area contributed by atoms with Gasteiger partial charge in [-0.05, 0) is 6.92 Å². The van der Waals surface area contributed by atoms with E-state index in [2.05, 4.69) is 15.3 Å². The van der Waals surface area contributed by atoms with E-state index in [1.54, 1.807) is 6.92 Å². The van der Waals surface area contributed by atoms with E-state index in [0.29, 0.717) is 6.54 Å². The van der Waals surface area contributed by atoms with Crippen molar-refractivity contribution in [2.45, 2.75) is 13.0 Å². The Balaban J connectivity index is 2.30. The number of hydrazone groups is 1. The highest BCUT2D eigenvalue weighted by molar-refractivity contribution is 6.43. The molecule has 0 aromatic carbocycles. The van der Waals surface area contributed by atoms with Gasteiger partial charge >= 0.3 is 5.97 Å². The third-order valence-electron chi connectivity index (χ3n) is 2.73. The minimum atomic E-state index is -0.833. The van der Waals surface area contributed by atoms with Crippen LogP contribution < -0.4 is 5.43 Å². The standard InChI is InChI=1S/C9H11N3O4/c1-3-12-7(13)4-5(8(12)14)10-11-6(4)9(15)16-2/h4-5,10H,3H2,1-2H3/t4-,5+/m0/s1. The predicted octanol–water partition coefficient (Wildman–Crippen LogP) is -1.51. The largest absolute Gasteiger partial charge is 0.464 e. The molecule has 0 bridgehead atoms. The summed E-state index contributed by atoms with van der Waals surface area (Å²) in [6, 6.07) is -0.749. The zero-order valence-corrected chi connectivity index (χ0v) is 8.89. The fourth-order valence-corrected chi connectivity index (χ4v) is 1.93. The topological polar surface area (TPSA) is 88.1 Å². The Morgan fingerprint density at radius 3 is 2.75 bits per heavy atom. The molecule has 0 radical (unpaired) electrons. The summed E-state index contributed by atoms with van der Waals surface area (Å²) in [6.07, 6.45) is 0. The van der Waals surface area contributed by atoms with Gasteiger partial charge in [-0.1, -0.05) is 0 Å². The highest BCUT2D eigenvalue weighted by atomic mass is 16.5. The maximum atomic E-state index is 11.8. The lowest BCUT2D eigenvalue weighted by molar-refractivity contribution is -0.140. The number of ether oxygens (including phenoxy) is 1. The number of likely N-dealkylation sites (N-methyl/N-ethyl adjacent to an activating group) is 1. The summed E-state index contributed by atoms with van der Waals surface area (Å²) in [6.45, 7) is 1.99. The Hall–Kier alpha value is -1.92. The molecule has 2 atom stereocenters. The zero-order valence-electron chi connectivity index (χ0n) is 8.89. The molecule has 16 heavy (non-hydrogen) atoms. The number of rotatable bonds is 2. The molecule has 1 N–H and O–H groups in total. The number of hydrogen-bond donors (Lipinski definition) is 1. The minimum absolute atomic E-state index is 0.0261. The molecule has 0 saturated carbocycles. The molecular formula is C9H11N3O4. The van der Waals surface area contributed by atoms with E-state index in [1.807, 2.05) is 0 Å². The van der Waals surface area contributed by atoms with Crippen molar-refractivity contribution in [1.82, 2.24) is 10.3 Å². The summed E-state index contributed by atoms with van der Waals surface area (Å²) in [5, 5.41) is 3.68. The van der Waals surface area contributed by atoms with Crippen LogP contribution in [0.25, 0.3) is 0 Å². The number of likely N-dealkylation sites (tertiary alicyclic amines) is 1. The van der Waals surface area contributed by atoms with E-state index >= 15 is 0 Å². The van der Waals surface area contributed by atoms with Crippen LogP contribution in [-0.2, 0) is 19.1 Å². The van der Waals surface area contributed by atoms with E-state index in [1.165, 1.54) is 7.11 Å². The van der Waals surface area contributed by atoms with E-state index in [4.69, 9.17) is 0 Å². The number of amides is 2. The molecule has 2 aliphatic heterocycles. The van der Waals surface area contributed by atoms with Crippen LogP contribution in [0.15, 0.2) is 5.10 Å². The molecule has 7 heteroatoms. The number of carbonyl (C=O) groups is 3. The van der Waals surface area contributed by atoms with Gasteiger partial charge in [0.05, 0.1) is 7.11 Å². The van der Waals surface area contributed by atoms with Gasteiger partial charge in [-0.15, -0.1) is 0 Å². The highest BCUT2D eigenvalue weighted by Gasteiger charge is 2.54. The van der Waals surface area contributed by atoms with E-state index in [-0.39, 0.29) is 11.6 Å². The maximum absolute atomic E-state index is 11.8. The lowest BCUT2D eigenvalue weighted by atomic mass is 9.99. The van der Waals surface area contributed by atoms with Crippen molar-refractivity contribution in [3.63, 3.8) is 0 Å². The van der Waals surface area contributed by atoms with E-state index in [0.717, 1.165) is 4.90 Å². The van der Waals surface area contributed by atoms with E-state index in [9.17, 15) is 14.4 Å². The number of methoxy groups -OCH3 is 1. The van der Waals surface area contributed by atoms with Crippen molar-refractivity contribution in [3.8, 4) is 0 Å². The second kappa shape index (κ2) is 3.58. The number of carbonyl (C=O) groups excluding carboxylic acids is 3. The number of nitrogens with one attached hydrogen (secondary N) is 1. The Bertz CT molecular complexity index is 404. The van der Waals surface area contributed by atoms with Gasteiger partial charge in [0, 0.05) is 6.54 Å². The maximum Gasteiger partial charge on any atom is 0.355 e. The van der Waals surface area contributed by atoms with Gasteiger partial charge in [-0.3, -0.25) is 19.9 Å². The molecule has 0 aromatic heterocycles. The van der Waals surface area contributed by atoms with Crippen LogP contribution in [0.5, 0.6) is 0 Å². The van der Waals surface area contributed by atoms with Crippen LogP contribution in [-0.4, -0.2) is 48.1 Å². The molecule has 0 aromatic rings. The first kappa shape index (κ1) is 10.6. The normalized spacial score (nSPS) is 27.6. The lowest BCUT2D eigenvalue weighted by Crippen LogP contribution is -2.36. The van der Waals surface area contributed by atoms with Gasteiger partial charge in [0.25, 0.3) is 5.91 Å². The molecule has 1 saturated heterocycles. The zero-order chi connectivity index (χ0) is 11.9. The molecule has 2 rings (SSSR count). The highest BCUT2D eigenvalue weighted by Crippen LogP contribution is 2.25. The van der Waals surface area contributed by atoms with Crippen molar-refractivity contribution in [1.29, 1.82) is 0 Å². The van der Waals surface area contributed by atoms with Gasteiger partial charge in [0.15, 0.2) is 5.71 Å². The Kier molecular flexibility index (Phi) is 2.37. The Labute approximate surface area is 91.4 Å². The summed E-state index contributed by atoms with van der Waals surface area (Å²) in [7, 11) is 1.21. The number of nitrogens with zero attached hydrogens (tertiary/aromatic N) is 2. The molecular weight excluding hydrogens is 214 g/mol. The molecule has 86 valence electrons. The summed E-state index contributed by atoms with van der Waals surface area (Å²) < 4.78 is 4.50. The molecule has 2 heterocycles. The first-order chi connectivity index (χ1) is 7.61. The van der Waals surface area contributed by atoms with Crippen LogP contribution in [0.4, 0.5) is 0 Å². The smallest absolute Gasteiger partial charge is 0.355 e. The predicted molar refractivity (Wildman–Crippen MR) is 52.3 cm³/mol. The number of imide groups is 1. The quantitative estimate of drug-likeness (QED) is 0.456. The van der Waals surface area contributed by atoms with Crippen LogP contribution in [0.3, 0.4) is 0 Å².